The summed E-state index contributed by atoms with van der Waals surface area (Å²) < 4.78 is 6.95. The molecule has 3 heteroatoms. The van der Waals surface area contributed by atoms with Gasteiger partial charge in [0, 0.05) is 10.4 Å². The summed E-state index contributed by atoms with van der Waals surface area (Å²) in [7, 11) is 0. The summed E-state index contributed by atoms with van der Waals surface area (Å²) in [5.41, 5.74) is 3.32. The molecule has 0 aromatic heterocycles. The molecule has 0 saturated carbocycles. The van der Waals surface area contributed by atoms with Gasteiger partial charge in [0.05, 0.1) is 18.3 Å². The molecule has 0 aliphatic carbocycles. The Morgan fingerprint density at radius 3 is 2.26 bits per heavy atom. The molecule has 1 aromatic rings. The van der Waals surface area contributed by atoms with Crippen LogP contribution < -0.4 is 0 Å². The first-order valence-electron chi connectivity index (χ1n) is 6.93. The van der Waals surface area contributed by atoms with Crippen LogP contribution in [-0.2, 0) is 4.74 Å². The number of ether oxygens (including phenoxy) is 1. The third kappa shape index (κ3) is 2.74. The van der Waals surface area contributed by atoms with Gasteiger partial charge >= 0.3 is 0 Å². The van der Waals surface area contributed by atoms with Gasteiger partial charge < -0.3 is 9.84 Å². The number of rotatable bonds is 2. The molecule has 1 aromatic carbocycles. The second-order valence-corrected chi connectivity index (χ2v) is 6.74. The molecule has 1 saturated heterocycles. The van der Waals surface area contributed by atoms with Gasteiger partial charge in [-0.05, 0) is 56.4 Å². The smallest absolute Gasteiger partial charge is 0.0849 e. The Morgan fingerprint density at radius 1 is 1.11 bits per heavy atom. The predicted octanol–water partition coefficient (Wildman–Crippen LogP) is 4.16. The van der Waals surface area contributed by atoms with Crippen molar-refractivity contribution < 1.29 is 9.84 Å². The lowest BCUT2D eigenvalue weighted by atomic mass is 9.81. The van der Waals surface area contributed by atoms with E-state index in [1.54, 1.807) is 0 Å². The first kappa shape index (κ1) is 15.0. The van der Waals surface area contributed by atoms with Gasteiger partial charge in [-0.1, -0.05) is 28.9 Å². The van der Waals surface area contributed by atoms with E-state index in [-0.39, 0.29) is 18.1 Å². The molecule has 19 heavy (non-hydrogen) atoms. The van der Waals surface area contributed by atoms with Crippen LogP contribution >= 0.6 is 15.9 Å². The molecule has 1 fully saturated rings. The van der Waals surface area contributed by atoms with Crippen LogP contribution in [0, 0.1) is 25.7 Å². The van der Waals surface area contributed by atoms with Crippen molar-refractivity contribution in [1.82, 2.24) is 0 Å². The first-order valence-corrected chi connectivity index (χ1v) is 7.72. The summed E-state index contributed by atoms with van der Waals surface area (Å²) >= 11 is 3.54. The van der Waals surface area contributed by atoms with Crippen molar-refractivity contribution in [1.29, 1.82) is 0 Å². The van der Waals surface area contributed by atoms with Crippen LogP contribution in [0.4, 0.5) is 0 Å². The number of aliphatic hydroxyl groups is 1. The Kier molecular flexibility index (Phi) is 4.38. The molecule has 2 rings (SSSR count). The summed E-state index contributed by atoms with van der Waals surface area (Å²) in [6, 6.07) is 4.18. The van der Waals surface area contributed by atoms with Crippen molar-refractivity contribution in [3.05, 3.63) is 33.3 Å². The van der Waals surface area contributed by atoms with Crippen molar-refractivity contribution in [3.8, 4) is 0 Å². The molecule has 1 aliphatic heterocycles. The highest BCUT2D eigenvalue weighted by Gasteiger charge is 2.41. The molecule has 0 amide bonds. The molecule has 0 spiro atoms. The fourth-order valence-electron chi connectivity index (χ4n) is 3.17. The van der Waals surface area contributed by atoms with Gasteiger partial charge in [-0.25, -0.2) is 0 Å². The summed E-state index contributed by atoms with van der Waals surface area (Å²) in [5, 5.41) is 10.8. The molecule has 1 aliphatic rings. The second kappa shape index (κ2) is 5.55. The monoisotopic (exact) mass is 326 g/mol. The molecule has 2 nitrogen and oxygen atoms in total. The Morgan fingerprint density at radius 2 is 1.74 bits per heavy atom. The van der Waals surface area contributed by atoms with E-state index in [9.17, 15) is 5.11 Å². The van der Waals surface area contributed by atoms with Gasteiger partial charge in [-0.15, -0.1) is 0 Å². The normalized spacial score (nSPS) is 32.6. The molecule has 5 unspecified atom stereocenters. The SMILES string of the molecule is Cc1cc(C(O)C2C(C)OC(C)C2C)c(C)cc1Br. The Hall–Kier alpha value is -0.380. The highest BCUT2D eigenvalue weighted by molar-refractivity contribution is 9.10. The third-order valence-corrected chi connectivity index (χ3v) is 5.40. The van der Waals surface area contributed by atoms with E-state index in [4.69, 9.17) is 4.74 Å². The van der Waals surface area contributed by atoms with E-state index in [1.807, 2.05) is 0 Å². The Labute approximate surface area is 124 Å². The topological polar surface area (TPSA) is 29.5 Å². The molecule has 1 N–H and O–H groups in total. The zero-order chi connectivity index (χ0) is 14.3. The summed E-state index contributed by atoms with van der Waals surface area (Å²) in [5.74, 6) is 0.530. The Bertz CT molecular complexity index is 472. The molecule has 1 heterocycles. The van der Waals surface area contributed by atoms with Crippen molar-refractivity contribution in [2.45, 2.75) is 52.9 Å². The minimum atomic E-state index is -0.457. The fraction of sp³-hybridized carbons (Fsp3) is 0.625. The number of benzene rings is 1. The third-order valence-electron chi connectivity index (χ3n) is 4.55. The average Bonchev–Trinajstić information content (AvgIpc) is 2.57. The number of hydrogen-bond acceptors (Lipinski definition) is 2. The fourth-order valence-corrected chi connectivity index (χ4v) is 3.63. The van der Waals surface area contributed by atoms with Gasteiger partial charge in [0.15, 0.2) is 0 Å². The predicted molar refractivity (Wildman–Crippen MR) is 81.2 cm³/mol. The van der Waals surface area contributed by atoms with Crippen LogP contribution in [0.1, 0.15) is 43.6 Å². The summed E-state index contributed by atoms with van der Waals surface area (Å²) in [6.07, 6.45) is -0.142. The zero-order valence-electron chi connectivity index (χ0n) is 12.3. The van der Waals surface area contributed by atoms with Gasteiger partial charge in [0.2, 0.25) is 0 Å². The second-order valence-electron chi connectivity index (χ2n) is 5.89. The van der Waals surface area contributed by atoms with Gasteiger partial charge in [-0.2, -0.15) is 0 Å². The van der Waals surface area contributed by atoms with E-state index < -0.39 is 6.10 Å². The van der Waals surface area contributed by atoms with E-state index in [0.717, 1.165) is 21.2 Å². The van der Waals surface area contributed by atoms with Crippen LogP contribution in [0.2, 0.25) is 0 Å². The maximum atomic E-state index is 10.8. The van der Waals surface area contributed by atoms with Gasteiger partial charge in [0.1, 0.15) is 0 Å². The highest BCUT2D eigenvalue weighted by Crippen LogP contribution is 2.41. The molecular formula is C16H23BrO2. The van der Waals surface area contributed by atoms with Gasteiger partial charge in [-0.3, -0.25) is 0 Å². The molecule has 106 valence electrons. The number of aryl methyl sites for hydroxylation is 2. The lowest BCUT2D eigenvalue weighted by molar-refractivity contribution is 0.0229. The van der Waals surface area contributed by atoms with Crippen molar-refractivity contribution in [3.63, 3.8) is 0 Å². The molecule has 0 bridgehead atoms. The van der Waals surface area contributed by atoms with E-state index in [0.29, 0.717) is 5.92 Å². The van der Waals surface area contributed by atoms with E-state index in [1.165, 1.54) is 0 Å². The van der Waals surface area contributed by atoms with Crippen molar-refractivity contribution >= 4 is 15.9 Å². The van der Waals surface area contributed by atoms with E-state index >= 15 is 0 Å². The average molecular weight is 327 g/mol. The molecule has 5 atom stereocenters. The zero-order valence-corrected chi connectivity index (χ0v) is 13.9. The number of hydrogen-bond donors (Lipinski definition) is 1. The first-order chi connectivity index (χ1) is 8.82. The summed E-state index contributed by atoms with van der Waals surface area (Å²) in [4.78, 5) is 0. The minimum absolute atomic E-state index is 0.100. The number of halogens is 1. The van der Waals surface area contributed by atoms with Crippen LogP contribution in [0.25, 0.3) is 0 Å². The lowest BCUT2D eigenvalue weighted by Crippen LogP contribution is -2.25. The maximum absolute atomic E-state index is 10.8. The molecular weight excluding hydrogens is 304 g/mol. The van der Waals surface area contributed by atoms with Crippen molar-refractivity contribution in [2.75, 3.05) is 0 Å². The quantitative estimate of drug-likeness (QED) is 0.884. The number of aliphatic hydroxyl groups excluding tert-OH is 1. The van der Waals surface area contributed by atoms with Crippen LogP contribution in [0.3, 0.4) is 0 Å². The van der Waals surface area contributed by atoms with Crippen LogP contribution in [-0.4, -0.2) is 17.3 Å². The molecule has 0 radical (unpaired) electrons. The minimum Gasteiger partial charge on any atom is -0.388 e. The van der Waals surface area contributed by atoms with Crippen LogP contribution in [0.15, 0.2) is 16.6 Å². The van der Waals surface area contributed by atoms with Crippen molar-refractivity contribution in [2.24, 2.45) is 11.8 Å². The van der Waals surface area contributed by atoms with E-state index in [2.05, 4.69) is 62.7 Å². The van der Waals surface area contributed by atoms with Crippen LogP contribution in [0.5, 0.6) is 0 Å². The summed E-state index contributed by atoms with van der Waals surface area (Å²) in [6.45, 7) is 10.4. The van der Waals surface area contributed by atoms with Gasteiger partial charge in [0.25, 0.3) is 0 Å². The standard InChI is InChI=1S/C16H23BrO2/c1-8-7-14(17)9(2)6-13(8)16(18)15-10(3)11(4)19-12(15)5/h6-7,10-12,15-16,18H,1-5H3. The maximum Gasteiger partial charge on any atom is 0.0849 e. The largest absolute Gasteiger partial charge is 0.388 e. The lowest BCUT2D eigenvalue weighted by Gasteiger charge is -2.26. The highest BCUT2D eigenvalue weighted by atomic mass is 79.9. The Balaban J connectivity index is 2.34.